The van der Waals surface area contributed by atoms with Crippen LogP contribution in [0.5, 0.6) is 0 Å². The van der Waals surface area contributed by atoms with Gasteiger partial charge >= 0.3 is 0 Å². The van der Waals surface area contributed by atoms with E-state index in [-0.39, 0.29) is 11.8 Å². The number of aromatic nitrogens is 1. The lowest BCUT2D eigenvalue weighted by Gasteiger charge is -2.08. The molecule has 1 heterocycles. The SMILES string of the molecule is CC(C)CNC(=O)CCNC(=O)c1cc2ccccc2[nH]1. The van der Waals surface area contributed by atoms with Crippen LogP contribution in [0.1, 0.15) is 30.8 Å². The quantitative estimate of drug-likeness (QED) is 0.761. The van der Waals surface area contributed by atoms with Gasteiger partial charge in [-0.2, -0.15) is 0 Å². The van der Waals surface area contributed by atoms with Gasteiger partial charge in [0.15, 0.2) is 0 Å². The zero-order valence-electron chi connectivity index (χ0n) is 12.4. The average molecular weight is 287 g/mol. The molecule has 2 amide bonds. The van der Waals surface area contributed by atoms with Crippen molar-refractivity contribution >= 4 is 22.7 Å². The molecule has 0 aliphatic heterocycles. The van der Waals surface area contributed by atoms with Crippen LogP contribution in [0, 0.1) is 5.92 Å². The number of carbonyl (C=O) groups is 2. The number of amides is 2. The molecule has 5 nitrogen and oxygen atoms in total. The van der Waals surface area contributed by atoms with E-state index in [1.807, 2.05) is 44.2 Å². The van der Waals surface area contributed by atoms with E-state index in [2.05, 4.69) is 15.6 Å². The molecule has 0 aliphatic carbocycles. The van der Waals surface area contributed by atoms with Gasteiger partial charge in [-0.1, -0.05) is 32.0 Å². The number of fused-ring (bicyclic) bond motifs is 1. The van der Waals surface area contributed by atoms with Crippen molar-refractivity contribution < 1.29 is 9.59 Å². The van der Waals surface area contributed by atoms with Crippen LogP contribution < -0.4 is 10.6 Å². The van der Waals surface area contributed by atoms with Gasteiger partial charge in [0, 0.05) is 30.4 Å². The first-order valence-corrected chi connectivity index (χ1v) is 7.19. The highest BCUT2D eigenvalue weighted by Crippen LogP contribution is 2.14. The fourth-order valence-electron chi connectivity index (χ4n) is 1.99. The first kappa shape index (κ1) is 15.1. The lowest BCUT2D eigenvalue weighted by Crippen LogP contribution is -2.32. The summed E-state index contributed by atoms with van der Waals surface area (Å²) in [5.74, 6) is 0.193. The van der Waals surface area contributed by atoms with Crippen molar-refractivity contribution in [1.29, 1.82) is 0 Å². The van der Waals surface area contributed by atoms with E-state index in [1.165, 1.54) is 0 Å². The third-order valence-electron chi connectivity index (χ3n) is 3.12. The number of rotatable bonds is 6. The Morgan fingerprint density at radius 1 is 1.19 bits per heavy atom. The van der Waals surface area contributed by atoms with Gasteiger partial charge in [-0.3, -0.25) is 9.59 Å². The Morgan fingerprint density at radius 2 is 1.95 bits per heavy atom. The van der Waals surface area contributed by atoms with E-state index in [4.69, 9.17) is 0 Å². The highest BCUT2D eigenvalue weighted by atomic mass is 16.2. The van der Waals surface area contributed by atoms with Crippen molar-refractivity contribution in [3.8, 4) is 0 Å². The number of carbonyl (C=O) groups excluding carboxylic acids is 2. The summed E-state index contributed by atoms with van der Waals surface area (Å²) < 4.78 is 0. The summed E-state index contributed by atoms with van der Waals surface area (Å²) in [6, 6.07) is 9.52. The molecule has 112 valence electrons. The number of H-pyrrole nitrogens is 1. The lowest BCUT2D eigenvalue weighted by molar-refractivity contribution is -0.121. The Labute approximate surface area is 124 Å². The Kier molecular flexibility index (Phi) is 4.98. The minimum Gasteiger partial charge on any atom is -0.356 e. The zero-order chi connectivity index (χ0) is 15.2. The monoisotopic (exact) mass is 287 g/mol. The summed E-state index contributed by atoms with van der Waals surface area (Å²) in [5.41, 5.74) is 1.44. The van der Waals surface area contributed by atoms with Gasteiger partial charge in [-0.15, -0.1) is 0 Å². The zero-order valence-corrected chi connectivity index (χ0v) is 12.4. The van der Waals surface area contributed by atoms with Crippen LogP contribution in [0.2, 0.25) is 0 Å². The smallest absolute Gasteiger partial charge is 0.267 e. The van der Waals surface area contributed by atoms with Crippen molar-refractivity contribution in [2.75, 3.05) is 13.1 Å². The average Bonchev–Trinajstić information content (AvgIpc) is 2.89. The third kappa shape index (κ3) is 4.34. The van der Waals surface area contributed by atoms with Gasteiger partial charge in [-0.05, 0) is 18.1 Å². The molecule has 0 saturated heterocycles. The van der Waals surface area contributed by atoms with E-state index in [9.17, 15) is 9.59 Å². The molecular formula is C16H21N3O2. The summed E-state index contributed by atoms with van der Waals surface area (Å²) in [5, 5.41) is 6.56. The molecule has 0 fully saturated rings. The molecule has 1 aromatic heterocycles. The predicted octanol–water partition coefficient (Wildman–Crippen LogP) is 2.06. The maximum atomic E-state index is 12.0. The Bertz CT molecular complexity index is 598. The van der Waals surface area contributed by atoms with Crippen molar-refractivity contribution in [2.45, 2.75) is 20.3 Å². The van der Waals surface area contributed by atoms with Crippen molar-refractivity contribution in [3.63, 3.8) is 0 Å². The second-order valence-corrected chi connectivity index (χ2v) is 5.47. The fraction of sp³-hybridized carbons (Fsp3) is 0.375. The lowest BCUT2D eigenvalue weighted by atomic mass is 10.2. The van der Waals surface area contributed by atoms with Gasteiger partial charge in [-0.25, -0.2) is 0 Å². The fourth-order valence-corrected chi connectivity index (χ4v) is 1.99. The third-order valence-corrected chi connectivity index (χ3v) is 3.12. The molecule has 0 aliphatic rings. The number of hydrogen-bond acceptors (Lipinski definition) is 2. The van der Waals surface area contributed by atoms with E-state index in [0.29, 0.717) is 31.1 Å². The number of hydrogen-bond donors (Lipinski definition) is 3. The van der Waals surface area contributed by atoms with Crippen LogP contribution in [-0.4, -0.2) is 29.9 Å². The Balaban J connectivity index is 1.80. The van der Waals surface area contributed by atoms with Crippen LogP contribution >= 0.6 is 0 Å². The minimum atomic E-state index is -0.192. The number of aromatic amines is 1. The van der Waals surface area contributed by atoms with E-state index in [0.717, 1.165) is 10.9 Å². The maximum absolute atomic E-state index is 12.0. The molecule has 2 rings (SSSR count). The molecule has 1 aromatic carbocycles. The van der Waals surface area contributed by atoms with Gasteiger partial charge in [0.1, 0.15) is 5.69 Å². The van der Waals surface area contributed by atoms with Crippen LogP contribution in [0.15, 0.2) is 30.3 Å². The molecule has 3 N–H and O–H groups in total. The molecule has 0 radical (unpaired) electrons. The van der Waals surface area contributed by atoms with Crippen molar-refractivity contribution in [2.24, 2.45) is 5.92 Å². The maximum Gasteiger partial charge on any atom is 0.267 e. The van der Waals surface area contributed by atoms with E-state index < -0.39 is 0 Å². The minimum absolute atomic E-state index is 0.0411. The number of benzene rings is 1. The summed E-state index contributed by atoms with van der Waals surface area (Å²) in [6.45, 7) is 5.07. The summed E-state index contributed by atoms with van der Waals surface area (Å²) in [6.07, 6.45) is 0.290. The van der Waals surface area contributed by atoms with Crippen molar-refractivity contribution in [1.82, 2.24) is 15.6 Å². The molecule has 0 bridgehead atoms. The Morgan fingerprint density at radius 3 is 2.67 bits per heavy atom. The van der Waals surface area contributed by atoms with Gasteiger partial charge in [0.25, 0.3) is 5.91 Å². The molecule has 0 atom stereocenters. The first-order chi connectivity index (χ1) is 10.1. The Hall–Kier alpha value is -2.30. The van der Waals surface area contributed by atoms with Crippen LogP contribution in [0.4, 0.5) is 0 Å². The van der Waals surface area contributed by atoms with Crippen LogP contribution in [0.3, 0.4) is 0 Å². The number of nitrogens with one attached hydrogen (secondary N) is 3. The second kappa shape index (κ2) is 6.92. The topological polar surface area (TPSA) is 74.0 Å². The second-order valence-electron chi connectivity index (χ2n) is 5.47. The van der Waals surface area contributed by atoms with Gasteiger partial charge in [0.05, 0.1) is 0 Å². The highest BCUT2D eigenvalue weighted by Gasteiger charge is 2.09. The van der Waals surface area contributed by atoms with Gasteiger partial charge < -0.3 is 15.6 Å². The first-order valence-electron chi connectivity index (χ1n) is 7.19. The number of para-hydroxylation sites is 1. The molecule has 0 unspecified atom stereocenters. The molecule has 5 heteroatoms. The molecule has 0 saturated carbocycles. The largest absolute Gasteiger partial charge is 0.356 e. The van der Waals surface area contributed by atoms with Gasteiger partial charge in [0.2, 0.25) is 5.91 Å². The molecule has 0 spiro atoms. The summed E-state index contributed by atoms with van der Waals surface area (Å²) in [7, 11) is 0. The summed E-state index contributed by atoms with van der Waals surface area (Å²) in [4.78, 5) is 26.6. The predicted molar refractivity (Wildman–Crippen MR) is 83.1 cm³/mol. The molecular weight excluding hydrogens is 266 g/mol. The van der Waals surface area contributed by atoms with Crippen LogP contribution in [-0.2, 0) is 4.79 Å². The van der Waals surface area contributed by atoms with E-state index >= 15 is 0 Å². The standard InChI is InChI=1S/C16H21N3O2/c1-11(2)10-18-15(20)7-8-17-16(21)14-9-12-5-3-4-6-13(12)19-14/h3-6,9,11,19H,7-8,10H2,1-2H3,(H,17,21)(H,18,20). The summed E-state index contributed by atoms with van der Waals surface area (Å²) >= 11 is 0. The normalized spacial score (nSPS) is 10.8. The molecule has 2 aromatic rings. The highest BCUT2D eigenvalue weighted by molar-refractivity contribution is 5.98. The van der Waals surface area contributed by atoms with Crippen LogP contribution in [0.25, 0.3) is 10.9 Å². The molecule has 21 heavy (non-hydrogen) atoms. The van der Waals surface area contributed by atoms with E-state index in [1.54, 1.807) is 0 Å². The van der Waals surface area contributed by atoms with Crippen molar-refractivity contribution in [3.05, 3.63) is 36.0 Å².